The molecule has 0 unspecified atom stereocenters. The average molecular weight is 425 g/mol. The van der Waals surface area contributed by atoms with Gasteiger partial charge in [-0.3, -0.25) is 19.4 Å². The summed E-state index contributed by atoms with van der Waals surface area (Å²) in [5.41, 5.74) is 0.999. The van der Waals surface area contributed by atoms with Gasteiger partial charge in [0.1, 0.15) is 5.01 Å². The van der Waals surface area contributed by atoms with Crippen LogP contribution in [0.15, 0.2) is 24.3 Å². The van der Waals surface area contributed by atoms with E-state index in [-0.39, 0.29) is 11.8 Å². The molecule has 0 bridgehead atoms. The number of hydrogen-bond acceptors (Lipinski definition) is 7. The van der Waals surface area contributed by atoms with Gasteiger partial charge in [0.25, 0.3) is 11.8 Å². The van der Waals surface area contributed by atoms with E-state index in [2.05, 4.69) is 15.1 Å². The van der Waals surface area contributed by atoms with Crippen LogP contribution in [0.25, 0.3) is 4.96 Å². The van der Waals surface area contributed by atoms with E-state index in [0.29, 0.717) is 30.5 Å². The molecule has 0 saturated carbocycles. The molecule has 3 aromatic rings. The molecule has 0 atom stereocenters. The Bertz CT molecular complexity index is 1050. The second kappa shape index (κ2) is 8.23. The van der Waals surface area contributed by atoms with Crippen LogP contribution in [0.3, 0.4) is 0 Å². The Balaban J connectivity index is 1.21. The van der Waals surface area contributed by atoms with Crippen molar-refractivity contribution in [2.45, 2.75) is 45.1 Å². The van der Waals surface area contributed by atoms with Gasteiger partial charge in [0.2, 0.25) is 4.96 Å². The van der Waals surface area contributed by atoms with E-state index >= 15 is 0 Å². The van der Waals surface area contributed by atoms with Crippen LogP contribution < -0.4 is 0 Å². The van der Waals surface area contributed by atoms with Crippen LogP contribution in [0.5, 0.6) is 0 Å². The van der Waals surface area contributed by atoms with Gasteiger partial charge in [-0.25, -0.2) is 0 Å². The third-order valence-corrected chi connectivity index (χ3v) is 6.77. The third-order valence-electron chi connectivity index (χ3n) is 5.81. The molecule has 0 aliphatic carbocycles. The number of carbonyl (C=O) groups is 2. The highest BCUT2D eigenvalue weighted by molar-refractivity contribution is 7.16. The number of carbonyl (C=O) groups excluding carboxylic acids is 2. The molecule has 2 aromatic heterocycles. The fourth-order valence-corrected chi connectivity index (χ4v) is 5.12. The summed E-state index contributed by atoms with van der Waals surface area (Å²) in [6.07, 6.45) is 6.46. The Kier molecular flexibility index (Phi) is 5.30. The van der Waals surface area contributed by atoms with Crippen molar-refractivity contribution >= 4 is 28.1 Å². The molecule has 156 valence electrons. The number of aryl methyl sites for hydroxylation is 1. The van der Waals surface area contributed by atoms with E-state index in [4.69, 9.17) is 5.10 Å². The van der Waals surface area contributed by atoms with E-state index in [1.165, 1.54) is 41.9 Å². The Morgan fingerprint density at radius 1 is 0.933 bits per heavy atom. The molecule has 5 rings (SSSR count). The molecule has 4 heterocycles. The van der Waals surface area contributed by atoms with Crippen LogP contribution in [-0.4, -0.2) is 61.1 Å². The standard InChI is InChI=1S/C21H24N6O2S/c28-19-15-8-3-4-9-16(15)20(29)26(19)13-7-10-18-24-27-17(22-23-21(27)30-18)14-25-11-5-1-2-6-12-25/h3-4,8-9H,1-2,5-7,10-14H2. The van der Waals surface area contributed by atoms with Crippen LogP contribution >= 0.6 is 11.3 Å². The maximum absolute atomic E-state index is 12.5. The molecule has 1 fully saturated rings. The van der Waals surface area contributed by atoms with Gasteiger partial charge in [0.05, 0.1) is 17.7 Å². The largest absolute Gasteiger partial charge is 0.296 e. The smallest absolute Gasteiger partial charge is 0.261 e. The van der Waals surface area contributed by atoms with Gasteiger partial charge in [-0.05, 0) is 44.5 Å². The predicted octanol–water partition coefficient (Wildman–Crippen LogP) is 2.79. The predicted molar refractivity (Wildman–Crippen MR) is 113 cm³/mol. The third kappa shape index (κ3) is 3.63. The first-order valence-corrected chi connectivity index (χ1v) is 11.4. The van der Waals surface area contributed by atoms with Crippen LogP contribution in [0.4, 0.5) is 0 Å². The second-order valence-electron chi connectivity index (χ2n) is 7.91. The summed E-state index contributed by atoms with van der Waals surface area (Å²) in [7, 11) is 0. The summed E-state index contributed by atoms with van der Waals surface area (Å²) in [5, 5.41) is 14.3. The summed E-state index contributed by atoms with van der Waals surface area (Å²) in [6.45, 7) is 3.38. The molecular weight excluding hydrogens is 400 g/mol. The zero-order valence-corrected chi connectivity index (χ0v) is 17.6. The van der Waals surface area contributed by atoms with E-state index in [1.54, 1.807) is 24.3 Å². The topological polar surface area (TPSA) is 83.7 Å². The number of nitrogens with zero attached hydrogens (tertiary/aromatic N) is 6. The molecule has 8 nitrogen and oxygen atoms in total. The van der Waals surface area contributed by atoms with Crippen LogP contribution in [0.2, 0.25) is 0 Å². The van der Waals surface area contributed by atoms with Crippen molar-refractivity contribution in [1.29, 1.82) is 0 Å². The van der Waals surface area contributed by atoms with Crippen molar-refractivity contribution in [2.24, 2.45) is 0 Å². The number of imide groups is 1. The average Bonchev–Trinajstić information content (AvgIpc) is 3.30. The minimum absolute atomic E-state index is 0.200. The van der Waals surface area contributed by atoms with Gasteiger partial charge in [-0.2, -0.15) is 9.61 Å². The van der Waals surface area contributed by atoms with Crippen molar-refractivity contribution in [2.75, 3.05) is 19.6 Å². The van der Waals surface area contributed by atoms with Gasteiger partial charge in [-0.1, -0.05) is 36.3 Å². The lowest BCUT2D eigenvalue weighted by atomic mass is 10.1. The molecule has 9 heteroatoms. The van der Waals surface area contributed by atoms with E-state index in [1.807, 2.05) is 4.52 Å². The monoisotopic (exact) mass is 424 g/mol. The zero-order chi connectivity index (χ0) is 20.5. The molecule has 0 spiro atoms. The number of fused-ring (bicyclic) bond motifs is 2. The van der Waals surface area contributed by atoms with Crippen LogP contribution in [0, 0.1) is 0 Å². The number of aromatic nitrogens is 4. The maximum Gasteiger partial charge on any atom is 0.261 e. The summed E-state index contributed by atoms with van der Waals surface area (Å²) in [5.74, 6) is 0.483. The molecule has 1 aromatic carbocycles. The van der Waals surface area contributed by atoms with E-state index in [9.17, 15) is 9.59 Å². The maximum atomic E-state index is 12.5. The normalized spacial score (nSPS) is 17.7. The number of likely N-dealkylation sites (tertiary alicyclic amines) is 1. The quantitative estimate of drug-likeness (QED) is 0.566. The molecule has 30 heavy (non-hydrogen) atoms. The lowest BCUT2D eigenvalue weighted by Crippen LogP contribution is -2.30. The Labute approximate surface area is 178 Å². The van der Waals surface area contributed by atoms with Crippen molar-refractivity contribution in [3.63, 3.8) is 0 Å². The first kappa shape index (κ1) is 19.3. The molecule has 2 aliphatic rings. The fraction of sp³-hybridized carbons (Fsp3) is 0.476. The Morgan fingerprint density at radius 3 is 2.33 bits per heavy atom. The van der Waals surface area contributed by atoms with Crippen molar-refractivity contribution in [3.05, 3.63) is 46.2 Å². The molecule has 2 aliphatic heterocycles. The minimum atomic E-state index is -0.200. The Morgan fingerprint density at radius 2 is 1.63 bits per heavy atom. The first-order valence-electron chi connectivity index (χ1n) is 10.6. The van der Waals surface area contributed by atoms with Crippen LogP contribution in [-0.2, 0) is 13.0 Å². The number of rotatable bonds is 6. The first-order chi connectivity index (χ1) is 14.7. The van der Waals surface area contributed by atoms with Crippen molar-refractivity contribution in [3.8, 4) is 0 Å². The van der Waals surface area contributed by atoms with Gasteiger partial charge < -0.3 is 0 Å². The summed E-state index contributed by atoms with van der Waals surface area (Å²) in [6, 6.07) is 7.00. The highest BCUT2D eigenvalue weighted by atomic mass is 32.1. The number of hydrogen-bond donors (Lipinski definition) is 0. The number of amides is 2. The second-order valence-corrected chi connectivity index (χ2v) is 8.95. The molecular formula is C21H24N6O2S. The van der Waals surface area contributed by atoms with Gasteiger partial charge in [-0.15, -0.1) is 10.2 Å². The lowest BCUT2D eigenvalue weighted by Gasteiger charge is -2.17. The van der Waals surface area contributed by atoms with Crippen molar-refractivity contribution < 1.29 is 9.59 Å². The Hall–Kier alpha value is -2.65. The molecule has 0 radical (unpaired) electrons. The van der Waals surface area contributed by atoms with Gasteiger partial charge in [0, 0.05) is 13.0 Å². The van der Waals surface area contributed by atoms with Gasteiger partial charge in [0.15, 0.2) is 5.82 Å². The highest BCUT2D eigenvalue weighted by Crippen LogP contribution is 2.23. The zero-order valence-electron chi connectivity index (χ0n) is 16.8. The molecule has 2 amide bonds. The van der Waals surface area contributed by atoms with E-state index in [0.717, 1.165) is 35.4 Å². The molecule has 1 saturated heterocycles. The summed E-state index contributed by atoms with van der Waals surface area (Å²) in [4.78, 5) is 29.5. The summed E-state index contributed by atoms with van der Waals surface area (Å²) >= 11 is 1.53. The fourth-order valence-electron chi connectivity index (χ4n) is 4.22. The SMILES string of the molecule is O=C1c2ccccc2C(=O)N1CCCc1nn2c(CN3CCCCCC3)nnc2s1. The molecule has 0 N–H and O–H groups in total. The minimum Gasteiger partial charge on any atom is -0.296 e. The van der Waals surface area contributed by atoms with Crippen molar-refractivity contribution in [1.82, 2.24) is 29.6 Å². The lowest BCUT2D eigenvalue weighted by molar-refractivity contribution is 0.0652. The van der Waals surface area contributed by atoms with Crippen LogP contribution in [0.1, 0.15) is 63.7 Å². The number of benzene rings is 1. The van der Waals surface area contributed by atoms with E-state index < -0.39 is 0 Å². The highest BCUT2D eigenvalue weighted by Gasteiger charge is 2.34. The van der Waals surface area contributed by atoms with Gasteiger partial charge >= 0.3 is 0 Å². The summed E-state index contributed by atoms with van der Waals surface area (Å²) < 4.78 is 1.85.